The van der Waals surface area contributed by atoms with E-state index in [1.807, 2.05) is 23.1 Å². The molecule has 1 N–H and O–H groups in total. The molecule has 5 heteroatoms. The molecule has 2 aromatic rings. The molecular weight excluding hydrogens is 260 g/mol. The number of thiophene rings is 1. The van der Waals surface area contributed by atoms with Crippen LogP contribution in [0.5, 0.6) is 0 Å². The molecule has 0 saturated heterocycles. The zero-order chi connectivity index (χ0) is 13.6. The number of rotatable bonds is 4. The first-order chi connectivity index (χ1) is 9.08. The Kier molecular flexibility index (Phi) is 2.93. The van der Waals surface area contributed by atoms with E-state index in [9.17, 15) is 9.90 Å². The summed E-state index contributed by atoms with van der Waals surface area (Å²) in [6.45, 7) is 4.10. The van der Waals surface area contributed by atoms with Gasteiger partial charge in [0.05, 0.1) is 10.9 Å². The number of aromatic nitrogens is 2. The lowest BCUT2D eigenvalue weighted by Crippen LogP contribution is -2.07. The Balaban J connectivity index is 2.07. The van der Waals surface area contributed by atoms with E-state index in [4.69, 9.17) is 0 Å². The van der Waals surface area contributed by atoms with Gasteiger partial charge in [-0.25, -0.2) is 4.79 Å². The SMILES string of the molecule is Cc1ccsc1-c1nn(C(C)C2CC2)cc1C(=O)O. The maximum Gasteiger partial charge on any atom is 0.339 e. The molecule has 0 aromatic carbocycles. The fraction of sp³-hybridized carbons (Fsp3) is 0.429. The van der Waals surface area contributed by atoms with E-state index in [1.165, 1.54) is 12.8 Å². The monoisotopic (exact) mass is 276 g/mol. The van der Waals surface area contributed by atoms with E-state index in [1.54, 1.807) is 17.5 Å². The minimum atomic E-state index is -0.906. The zero-order valence-corrected chi connectivity index (χ0v) is 11.8. The van der Waals surface area contributed by atoms with Crippen LogP contribution in [0.3, 0.4) is 0 Å². The number of aromatic carboxylic acids is 1. The molecule has 1 fully saturated rings. The molecule has 1 saturated carbocycles. The average molecular weight is 276 g/mol. The van der Waals surface area contributed by atoms with Crippen molar-refractivity contribution >= 4 is 17.3 Å². The number of carboxylic acids is 1. The van der Waals surface area contributed by atoms with Crippen LogP contribution >= 0.6 is 11.3 Å². The number of hydrogen-bond acceptors (Lipinski definition) is 3. The quantitative estimate of drug-likeness (QED) is 0.928. The van der Waals surface area contributed by atoms with Gasteiger partial charge in [-0.3, -0.25) is 4.68 Å². The van der Waals surface area contributed by atoms with Gasteiger partial charge in [0.25, 0.3) is 0 Å². The van der Waals surface area contributed by atoms with Crippen molar-refractivity contribution in [2.24, 2.45) is 5.92 Å². The first-order valence-electron chi connectivity index (χ1n) is 6.45. The molecule has 0 spiro atoms. The highest BCUT2D eigenvalue weighted by molar-refractivity contribution is 7.13. The van der Waals surface area contributed by atoms with Crippen molar-refractivity contribution in [2.45, 2.75) is 32.7 Å². The average Bonchev–Trinajstić information content (AvgIpc) is 2.98. The molecule has 3 rings (SSSR count). The highest BCUT2D eigenvalue weighted by Crippen LogP contribution is 2.40. The Hall–Kier alpha value is -1.62. The first-order valence-corrected chi connectivity index (χ1v) is 7.33. The van der Waals surface area contributed by atoms with Crippen LogP contribution in [0.1, 0.15) is 41.7 Å². The molecule has 1 unspecified atom stereocenters. The summed E-state index contributed by atoms with van der Waals surface area (Å²) >= 11 is 1.54. The van der Waals surface area contributed by atoms with Gasteiger partial charge in [-0.05, 0) is 49.6 Å². The number of carbonyl (C=O) groups is 1. The predicted octanol–water partition coefficient (Wildman–Crippen LogP) is 3.59. The summed E-state index contributed by atoms with van der Waals surface area (Å²) in [4.78, 5) is 12.4. The number of hydrogen-bond donors (Lipinski definition) is 1. The molecule has 1 atom stereocenters. The third-order valence-corrected chi connectivity index (χ3v) is 4.78. The topological polar surface area (TPSA) is 55.1 Å². The predicted molar refractivity (Wildman–Crippen MR) is 74.7 cm³/mol. The van der Waals surface area contributed by atoms with Gasteiger partial charge in [0.15, 0.2) is 0 Å². The van der Waals surface area contributed by atoms with E-state index < -0.39 is 5.97 Å². The van der Waals surface area contributed by atoms with E-state index in [-0.39, 0.29) is 6.04 Å². The van der Waals surface area contributed by atoms with E-state index in [0.717, 1.165) is 10.4 Å². The van der Waals surface area contributed by atoms with Crippen molar-refractivity contribution in [2.75, 3.05) is 0 Å². The largest absolute Gasteiger partial charge is 0.478 e. The Labute approximate surface area is 115 Å². The molecule has 1 aliphatic carbocycles. The molecule has 19 heavy (non-hydrogen) atoms. The Morgan fingerprint density at radius 2 is 2.32 bits per heavy atom. The Bertz CT molecular complexity index is 625. The maximum absolute atomic E-state index is 11.4. The summed E-state index contributed by atoms with van der Waals surface area (Å²) in [7, 11) is 0. The van der Waals surface area contributed by atoms with Gasteiger partial charge in [0.2, 0.25) is 0 Å². The highest BCUT2D eigenvalue weighted by Gasteiger charge is 2.31. The van der Waals surface area contributed by atoms with E-state index in [2.05, 4.69) is 12.0 Å². The van der Waals surface area contributed by atoms with Crippen LogP contribution in [0.2, 0.25) is 0 Å². The van der Waals surface area contributed by atoms with Crippen molar-refractivity contribution in [3.8, 4) is 10.6 Å². The number of carboxylic acid groups (broad SMARTS) is 1. The van der Waals surface area contributed by atoms with Crippen LogP contribution in [0.25, 0.3) is 10.6 Å². The lowest BCUT2D eigenvalue weighted by molar-refractivity contribution is 0.0697. The number of aryl methyl sites for hydroxylation is 1. The van der Waals surface area contributed by atoms with Crippen molar-refractivity contribution in [1.82, 2.24) is 9.78 Å². The molecule has 1 aliphatic rings. The molecule has 0 amide bonds. The van der Waals surface area contributed by atoms with E-state index >= 15 is 0 Å². The third-order valence-electron chi connectivity index (χ3n) is 3.76. The van der Waals surface area contributed by atoms with Crippen molar-refractivity contribution in [3.05, 3.63) is 28.8 Å². The Morgan fingerprint density at radius 3 is 2.84 bits per heavy atom. The maximum atomic E-state index is 11.4. The van der Waals surface area contributed by atoms with Crippen LogP contribution in [0.4, 0.5) is 0 Å². The minimum Gasteiger partial charge on any atom is -0.478 e. The fourth-order valence-corrected chi connectivity index (χ4v) is 3.26. The first kappa shape index (κ1) is 12.4. The summed E-state index contributed by atoms with van der Waals surface area (Å²) < 4.78 is 1.83. The second-order valence-corrected chi connectivity index (χ2v) is 6.10. The minimum absolute atomic E-state index is 0.284. The van der Waals surface area contributed by atoms with Crippen molar-refractivity contribution in [1.29, 1.82) is 0 Å². The van der Waals surface area contributed by atoms with E-state index in [0.29, 0.717) is 17.2 Å². The Morgan fingerprint density at radius 1 is 1.58 bits per heavy atom. The van der Waals surface area contributed by atoms with Gasteiger partial charge in [0, 0.05) is 6.20 Å². The molecular formula is C14H16N2O2S. The second kappa shape index (κ2) is 4.49. The van der Waals surface area contributed by atoms with Gasteiger partial charge in [0.1, 0.15) is 11.3 Å². The smallest absolute Gasteiger partial charge is 0.339 e. The second-order valence-electron chi connectivity index (χ2n) is 5.19. The highest BCUT2D eigenvalue weighted by atomic mass is 32.1. The lowest BCUT2D eigenvalue weighted by atomic mass is 10.1. The van der Waals surface area contributed by atoms with Crippen LogP contribution in [-0.4, -0.2) is 20.9 Å². The van der Waals surface area contributed by atoms with Gasteiger partial charge in [-0.1, -0.05) is 0 Å². The summed E-state index contributed by atoms with van der Waals surface area (Å²) in [5, 5.41) is 15.9. The van der Waals surface area contributed by atoms with Gasteiger partial charge in [-0.15, -0.1) is 11.3 Å². The summed E-state index contributed by atoms with van der Waals surface area (Å²) in [6.07, 6.45) is 4.12. The van der Waals surface area contributed by atoms with Crippen LogP contribution in [0.15, 0.2) is 17.6 Å². The van der Waals surface area contributed by atoms with Crippen LogP contribution in [-0.2, 0) is 0 Å². The van der Waals surface area contributed by atoms with Crippen LogP contribution in [0, 0.1) is 12.8 Å². The molecule has 2 aromatic heterocycles. The molecule has 4 nitrogen and oxygen atoms in total. The van der Waals surface area contributed by atoms with Crippen molar-refractivity contribution < 1.29 is 9.90 Å². The molecule has 0 bridgehead atoms. The molecule has 0 aliphatic heterocycles. The zero-order valence-electron chi connectivity index (χ0n) is 11.0. The van der Waals surface area contributed by atoms with Gasteiger partial charge in [-0.2, -0.15) is 5.10 Å². The summed E-state index contributed by atoms with van der Waals surface area (Å²) in [5.41, 5.74) is 1.99. The molecule has 100 valence electrons. The molecule has 0 radical (unpaired) electrons. The van der Waals surface area contributed by atoms with Gasteiger partial charge >= 0.3 is 5.97 Å². The standard InChI is InChI=1S/C14H16N2O2S/c1-8-5-6-19-13(8)12-11(14(17)18)7-16(15-12)9(2)10-3-4-10/h5-7,9-10H,3-4H2,1-2H3,(H,17,18). The summed E-state index contributed by atoms with van der Waals surface area (Å²) in [6, 6.07) is 2.28. The molecule has 2 heterocycles. The normalized spacial score (nSPS) is 16.5. The van der Waals surface area contributed by atoms with Crippen LogP contribution < -0.4 is 0 Å². The van der Waals surface area contributed by atoms with Gasteiger partial charge < -0.3 is 5.11 Å². The number of nitrogens with zero attached hydrogens (tertiary/aromatic N) is 2. The lowest BCUT2D eigenvalue weighted by Gasteiger charge is -2.09. The third kappa shape index (κ3) is 2.18. The fourth-order valence-electron chi connectivity index (χ4n) is 2.33. The summed E-state index contributed by atoms with van der Waals surface area (Å²) in [5.74, 6) is -0.254. The van der Waals surface area contributed by atoms with Crippen molar-refractivity contribution in [3.63, 3.8) is 0 Å².